The molecule has 0 aliphatic carbocycles. The minimum atomic E-state index is 0.680. The van der Waals surface area contributed by atoms with Gasteiger partial charge >= 0.3 is 0 Å². The molecule has 2 aromatic rings. The van der Waals surface area contributed by atoms with Crippen molar-refractivity contribution in [2.45, 2.75) is 20.3 Å². The first-order chi connectivity index (χ1) is 9.61. The summed E-state index contributed by atoms with van der Waals surface area (Å²) >= 11 is 0. The number of likely N-dealkylation sites (N-methyl/N-ethyl adjacent to an activating group) is 1. The van der Waals surface area contributed by atoms with Crippen LogP contribution >= 0.6 is 0 Å². The number of nitrogen functional groups attached to an aromatic ring is 1. The van der Waals surface area contributed by atoms with Crippen molar-refractivity contribution in [2.24, 2.45) is 5.84 Å². The molecule has 5 heteroatoms. The maximum atomic E-state index is 5.49. The van der Waals surface area contributed by atoms with Crippen LogP contribution in [0.2, 0.25) is 0 Å². The van der Waals surface area contributed by atoms with E-state index in [2.05, 4.69) is 44.6 Å². The van der Waals surface area contributed by atoms with Crippen LogP contribution in [-0.4, -0.2) is 23.6 Å². The average Bonchev–Trinajstić information content (AvgIpc) is 2.47. The molecule has 5 nitrogen and oxygen atoms in total. The Morgan fingerprint density at radius 3 is 2.50 bits per heavy atom. The number of rotatable bonds is 5. The van der Waals surface area contributed by atoms with Gasteiger partial charge in [-0.2, -0.15) is 0 Å². The molecule has 0 aliphatic heterocycles. The van der Waals surface area contributed by atoms with Gasteiger partial charge in [-0.25, -0.2) is 15.8 Å². The number of nitrogens with zero attached hydrogens (tertiary/aromatic N) is 3. The summed E-state index contributed by atoms with van der Waals surface area (Å²) in [6.45, 7) is 4.74. The monoisotopic (exact) mass is 271 g/mol. The molecule has 1 aromatic heterocycles. The number of hydrogen-bond acceptors (Lipinski definition) is 5. The van der Waals surface area contributed by atoms with Crippen LogP contribution in [0.5, 0.6) is 0 Å². The molecule has 0 bridgehead atoms. The molecular weight excluding hydrogens is 250 g/mol. The Kier molecular flexibility index (Phi) is 4.53. The molecular formula is C15H21N5. The Bertz CT molecular complexity index is 568. The Balaban J connectivity index is 2.13. The van der Waals surface area contributed by atoms with E-state index in [1.165, 1.54) is 5.56 Å². The summed E-state index contributed by atoms with van der Waals surface area (Å²) in [5.41, 5.74) is 4.91. The quantitative estimate of drug-likeness (QED) is 0.643. The van der Waals surface area contributed by atoms with Gasteiger partial charge in [-0.1, -0.05) is 30.3 Å². The van der Waals surface area contributed by atoms with Crippen molar-refractivity contribution in [1.29, 1.82) is 0 Å². The van der Waals surface area contributed by atoms with Crippen LogP contribution < -0.4 is 16.2 Å². The van der Waals surface area contributed by atoms with Crippen molar-refractivity contribution < 1.29 is 0 Å². The number of hydrogen-bond donors (Lipinski definition) is 2. The van der Waals surface area contributed by atoms with Crippen molar-refractivity contribution in [3.63, 3.8) is 0 Å². The minimum absolute atomic E-state index is 0.680. The summed E-state index contributed by atoms with van der Waals surface area (Å²) in [7, 11) is 2.04. The SMILES string of the molecule is Cc1nc(NN)c(C)c(N(C)CCc2ccccc2)n1. The fraction of sp³-hybridized carbons (Fsp3) is 0.333. The van der Waals surface area contributed by atoms with Gasteiger partial charge < -0.3 is 10.3 Å². The van der Waals surface area contributed by atoms with Crippen molar-refractivity contribution in [3.8, 4) is 0 Å². The molecule has 1 aromatic carbocycles. The second kappa shape index (κ2) is 6.34. The van der Waals surface area contributed by atoms with E-state index in [9.17, 15) is 0 Å². The zero-order chi connectivity index (χ0) is 14.5. The lowest BCUT2D eigenvalue weighted by Gasteiger charge is -2.21. The van der Waals surface area contributed by atoms with Crippen LogP contribution in [-0.2, 0) is 6.42 Å². The highest BCUT2D eigenvalue weighted by atomic mass is 15.3. The van der Waals surface area contributed by atoms with Crippen molar-refractivity contribution in [1.82, 2.24) is 9.97 Å². The molecule has 0 fully saturated rings. The van der Waals surface area contributed by atoms with E-state index in [0.717, 1.165) is 24.3 Å². The van der Waals surface area contributed by atoms with E-state index >= 15 is 0 Å². The van der Waals surface area contributed by atoms with Crippen LogP contribution in [0, 0.1) is 13.8 Å². The van der Waals surface area contributed by atoms with Gasteiger partial charge in [-0.3, -0.25) is 0 Å². The zero-order valence-electron chi connectivity index (χ0n) is 12.2. The first kappa shape index (κ1) is 14.3. The van der Waals surface area contributed by atoms with Gasteiger partial charge in [0.15, 0.2) is 0 Å². The third-order valence-corrected chi connectivity index (χ3v) is 3.31. The molecule has 0 saturated carbocycles. The average molecular weight is 271 g/mol. The summed E-state index contributed by atoms with van der Waals surface area (Å²) in [6, 6.07) is 10.4. The van der Waals surface area contributed by atoms with E-state index in [4.69, 9.17) is 5.84 Å². The van der Waals surface area contributed by atoms with E-state index in [0.29, 0.717) is 11.6 Å². The molecule has 0 atom stereocenters. The Morgan fingerprint density at radius 2 is 1.85 bits per heavy atom. The Labute approximate surface area is 119 Å². The molecule has 106 valence electrons. The lowest BCUT2D eigenvalue weighted by Crippen LogP contribution is -2.24. The summed E-state index contributed by atoms with van der Waals surface area (Å²) in [4.78, 5) is 10.9. The van der Waals surface area contributed by atoms with Gasteiger partial charge in [0.2, 0.25) is 0 Å². The normalized spacial score (nSPS) is 10.4. The first-order valence-electron chi connectivity index (χ1n) is 6.68. The predicted molar refractivity (Wildman–Crippen MR) is 82.7 cm³/mol. The number of nitrogens with two attached hydrogens (primary N) is 1. The van der Waals surface area contributed by atoms with E-state index in [1.807, 2.05) is 27.0 Å². The molecule has 20 heavy (non-hydrogen) atoms. The lowest BCUT2D eigenvalue weighted by molar-refractivity contribution is 0.842. The summed E-state index contributed by atoms with van der Waals surface area (Å²) in [5.74, 6) is 7.81. The topological polar surface area (TPSA) is 67.1 Å². The fourth-order valence-electron chi connectivity index (χ4n) is 2.17. The number of aromatic nitrogens is 2. The summed E-state index contributed by atoms with van der Waals surface area (Å²) < 4.78 is 0. The third-order valence-electron chi connectivity index (χ3n) is 3.31. The number of hydrazine groups is 1. The smallest absolute Gasteiger partial charge is 0.148 e. The maximum absolute atomic E-state index is 5.49. The molecule has 1 heterocycles. The van der Waals surface area contributed by atoms with Crippen molar-refractivity contribution in [2.75, 3.05) is 23.9 Å². The fourth-order valence-corrected chi connectivity index (χ4v) is 2.17. The third kappa shape index (κ3) is 3.24. The van der Waals surface area contributed by atoms with E-state index < -0.39 is 0 Å². The van der Waals surface area contributed by atoms with Crippen LogP contribution in [0.15, 0.2) is 30.3 Å². The number of nitrogens with one attached hydrogen (secondary N) is 1. The molecule has 0 radical (unpaired) electrons. The number of benzene rings is 1. The van der Waals surface area contributed by atoms with Crippen molar-refractivity contribution in [3.05, 3.63) is 47.3 Å². The molecule has 0 spiro atoms. The van der Waals surface area contributed by atoms with Crippen LogP contribution in [0.4, 0.5) is 11.6 Å². The maximum Gasteiger partial charge on any atom is 0.148 e. The lowest BCUT2D eigenvalue weighted by atomic mass is 10.1. The molecule has 0 unspecified atom stereocenters. The molecule has 0 aliphatic rings. The predicted octanol–water partition coefficient (Wildman–Crippen LogP) is 2.06. The molecule has 2 rings (SSSR count). The van der Waals surface area contributed by atoms with E-state index in [-0.39, 0.29) is 0 Å². The van der Waals surface area contributed by atoms with Crippen molar-refractivity contribution >= 4 is 11.6 Å². The summed E-state index contributed by atoms with van der Waals surface area (Å²) in [5, 5.41) is 0. The highest BCUT2D eigenvalue weighted by Crippen LogP contribution is 2.22. The van der Waals surface area contributed by atoms with Gasteiger partial charge in [-0.15, -0.1) is 0 Å². The number of aryl methyl sites for hydroxylation is 1. The van der Waals surface area contributed by atoms with Crippen LogP contribution in [0.3, 0.4) is 0 Å². The highest BCUT2D eigenvalue weighted by molar-refractivity contribution is 5.57. The molecule has 0 amide bonds. The van der Waals surface area contributed by atoms with Gasteiger partial charge in [0.25, 0.3) is 0 Å². The van der Waals surface area contributed by atoms with Crippen LogP contribution in [0.25, 0.3) is 0 Å². The Hall–Kier alpha value is -2.14. The van der Waals surface area contributed by atoms with E-state index in [1.54, 1.807) is 0 Å². The second-order valence-corrected chi connectivity index (χ2v) is 4.87. The second-order valence-electron chi connectivity index (χ2n) is 4.87. The van der Waals surface area contributed by atoms with Gasteiger partial charge in [0.05, 0.1) is 0 Å². The highest BCUT2D eigenvalue weighted by Gasteiger charge is 2.12. The first-order valence-corrected chi connectivity index (χ1v) is 6.68. The number of anilines is 2. The minimum Gasteiger partial charge on any atom is -0.359 e. The Morgan fingerprint density at radius 1 is 1.15 bits per heavy atom. The molecule has 3 N–H and O–H groups in total. The summed E-state index contributed by atoms with van der Waals surface area (Å²) in [6.07, 6.45) is 0.977. The van der Waals surface area contributed by atoms with Crippen LogP contribution in [0.1, 0.15) is 17.0 Å². The zero-order valence-corrected chi connectivity index (χ0v) is 12.2. The standard InChI is InChI=1S/C15H21N5/c1-11-14(19-16)17-12(2)18-15(11)20(3)10-9-13-7-5-4-6-8-13/h4-8H,9-10,16H2,1-3H3,(H,17,18,19). The van der Waals surface area contributed by atoms with Gasteiger partial charge in [-0.05, 0) is 25.8 Å². The van der Waals surface area contributed by atoms with Gasteiger partial charge in [0.1, 0.15) is 17.5 Å². The van der Waals surface area contributed by atoms with Gasteiger partial charge in [0, 0.05) is 19.2 Å². The molecule has 0 saturated heterocycles. The largest absolute Gasteiger partial charge is 0.359 e.